The van der Waals surface area contributed by atoms with Crippen molar-refractivity contribution >= 4 is 15.9 Å². The maximum absolute atomic E-state index is 13.0. The third kappa shape index (κ3) is 5.41. The molecule has 2 heterocycles. The Morgan fingerprint density at radius 3 is 2.27 bits per heavy atom. The van der Waals surface area contributed by atoms with E-state index >= 15 is 0 Å². The fourth-order valence-electron chi connectivity index (χ4n) is 3.89. The van der Waals surface area contributed by atoms with Gasteiger partial charge < -0.3 is 9.64 Å². The molecule has 0 spiro atoms. The molecule has 1 atom stereocenters. The number of carbonyl (C=O) groups is 1. The summed E-state index contributed by atoms with van der Waals surface area (Å²) >= 11 is 0. The number of carbonyl (C=O) groups excluding carboxylic acids is 1. The molecule has 7 nitrogen and oxygen atoms in total. The summed E-state index contributed by atoms with van der Waals surface area (Å²) in [5, 5.41) is 0. The number of hydrogen-bond acceptors (Lipinski definition) is 5. The zero-order chi connectivity index (χ0) is 21.9. The quantitative estimate of drug-likeness (QED) is 0.704. The van der Waals surface area contributed by atoms with Crippen LogP contribution < -0.4 is 0 Å². The molecular formula is C22H35N3O4S. The van der Waals surface area contributed by atoms with Crippen molar-refractivity contribution in [1.82, 2.24) is 14.1 Å². The van der Waals surface area contributed by atoms with Crippen LogP contribution in [0, 0.1) is 0 Å². The van der Waals surface area contributed by atoms with Gasteiger partial charge in [0.1, 0.15) is 0 Å². The summed E-state index contributed by atoms with van der Waals surface area (Å²) in [6, 6.07) is 7.20. The molecule has 0 saturated carbocycles. The molecule has 2 saturated heterocycles. The minimum atomic E-state index is -3.51. The lowest BCUT2D eigenvalue weighted by Gasteiger charge is -2.36. The molecule has 0 aliphatic carbocycles. The zero-order valence-electron chi connectivity index (χ0n) is 18.6. The molecule has 30 heavy (non-hydrogen) atoms. The van der Waals surface area contributed by atoms with Crippen LogP contribution >= 0.6 is 0 Å². The number of benzene rings is 1. The molecule has 1 unspecified atom stereocenters. The Hall–Kier alpha value is -1.48. The van der Waals surface area contributed by atoms with E-state index in [1.54, 1.807) is 12.1 Å². The van der Waals surface area contributed by atoms with Crippen molar-refractivity contribution in [2.45, 2.75) is 50.5 Å². The van der Waals surface area contributed by atoms with Crippen LogP contribution in [0.4, 0.5) is 0 Å². The number of piperazine rings is 1. The van der Waals surface area contributed by atoms with Crippen molar-refractivity contribution < 1.29 is 17.9 Å². The summed E-state index contributed by atoms with van der Waals surface area (Å²) < 4.78 is 33.2. The van der Waals surface area contributed by atoms with Gasteiger partial charge in [-0.05, 0) is 29.5 Å². The predicted octanol–water partition coefficient (Wildman–Crippen LogP) is 1.93. The Labute approximate surface area is 181 Å². The van der Waals surface area contributed by atoms with Gasteiger partial charge in [-0.1, -0.05) is 39.8 Å². The van der Waals surface area contributed by atoms with Gasteiger partial charge in [0, 0.05) is 39.3 Å². The zero-order valence-corrected chi connectivity index (χ0v) is 19.5. The minimum Gasteiger partial charge on any atom is -0.375 e. The lowest BCUT2D eigenvalue weighted by molar-refractivity contribution is -0.140. The highest BCUT2D eigenvalue weighted by molar-refractivity contribution is 7.89. The van der Waals surface area contributed by atoms with Crippen LogP contribution in [0.25, 0.3) is 0 Å². The van der Waals surface area contributed by atoms with Crippen LogP contribution in [-0.2, 0) is 25.0 Å². The third-order valence-corrected chi connectivity index (χ3v) is 7.91. The second-order valence-corrected chi connectivity index (χ2v) is 11.1. The van der Waals surface area contributed by atoms with Gasteiger partial charge in [0.2, 0.25) is 15.9 Å². The average Bonchev–Trinajstić information content (AvgIpc) is 2.73. The molecule has 8 heteroatoms. The van der Waals surface area contributed by atoms with E-state index < -0.39 is 10.0 Å². The molecular weight excluding hydrogens is 402 g/mol. The van der Waals surface area contributed by atoms with Crippen LogP contribution in [0.3, 0.4) is 0 Å². The molecule has 0 N–H and O–H groups in total. The van der Waals surface area contributed by atoms with Crippen molar-refractivity contribution in [2.75, 3.05) is 52.4 Å². The highest BCUT2D eigenvalue weighted by Gasteiger charge is 2.31. The van der Waals surface area contributed by atoms with E-state index in [1.165, 1.54) is 4.31 Å². The molecule has 2 aliphatic heterocycles. The summed E-state index contributed by atoms with van der Waals surface area (Å²) in [6.45, 7) is 12.5. The van der Waals surface area contributed by atoms with Crippen LogP contribution in [0.15, 0.2) is 29.2 Å². The minimum absolute atomic E-state index is 0.0158. The first-order chi connectivity index (χ1) is 14.1. The van der Waals surface area contributed by atoms with Crippen molar-refractivity contribution in [2.24, 2.45) is 0 Å². The number of morpholine rings is 1. The number of nitrogens with zero attached hydrogens (tertiary/aromatic N) is 3. The molecule has 1 aromatic rings. The van der Waals surface area contributed by atoms with Gasteiger partial charge in [0.15, 0.2) is 0 Å². The second kappa shape index (κ2) is 9.34. The topological polar surface area (TPSA) is 70.2 Å². The number of amides is 1. The van der Waals surface area contributed by atoms with E-state index in [2.05, 4.69) is 27.7 Å². The van der Waals surface area contributed by atoms with Gasteiger partial charge in [-0.15, -0.1) is 0 Å². The molecule has 2 fully saturated rings. The maximum atomic E-state index is 13.0. The van der Waals surface area contributed by atoms with Gasteiger partial charge in [0.25, 0.3) is 0 Å². The number of hydrogen-bond donors (Lipinski definition) is 0. The van der Waals surface area contributed by atoms with Gasteiger partial charge >= 0.3 is 0 Å². The number of sulfonamides is 1. The Kier molecular flexibility index (Phi) is 7.22. The first kappa shape index (κ1) is 23.2. The SMILES string of the molecule is CCC1CN(C(=O)CN2CCN(S(=O)(=O)c3ccc(C(C)(C)C)cc3)CC2)CCO1. The molecule has 1 amide bonds. The Bertz CT molecular complexity index is 825. The largest absolute Gasteiger partial charge is 0.375 e. The van der Waals surface area contributed by atoms with Crippen LogP contribution in [0.2, 0.25) is 0 Å². The molecule has 168 valence electrons. The Morgan fingerprint density at radius 2 is 1.70 bits per heavy atom. The molecule has 0 radical (unpaired) electrons. The smallest absolute Gasteiger partial charge is 0.243 e. The normalized spacial score (nSPS) is 22.3. The van der Waals surface area contributed by atoms with E-state index in [0.717, 1.165) is 12.0 Å². The summed E-state index contributed by atoms with van der Waals surface area (Å²) in [5.41, 5.74) is 1.09. The number of ether oxygens (including phenoxy) is 1. The highest BCUT2D eigenvalue weighted by atomic mass is 32.2. The predicted molar refractivity (Wildman–Crippen MR) is 117 cm³/mol. The van der Waals surface area contributed by atoms with Crippen LogP contribution in [0.1, 0.15) is 39.7 Å². The fraction of sp³-hybridized carbons (Fsp3) is 0.682. The summed E-state index contributed by atoms with van der Waals surface area (Å²) in [5.74, 6) is 0.103. The standard InChI is InChI=1S/C22H35N3O4S/c1-5-19-16-24(14-15-29-19)21(26)17-23-10-12-25(13-11-23)30(27,28)20-8-6-18(7-9-20)22(2,3)4/h6-9,19H,5,10-17H2,1-4H3. The van der Waals surface area contributed by atoms with E-state index in [4.69, 9.17) is 4.74 Å². The molecule has 2 aliphatic rings. The number of rotatable bonds is 5. The summed E-state index contributed by atoms with van der Waals surface area (Å²) in [6.07, 6.45) is 1.02. The van der Waals surface area contributed by atoms with Crippen LogP contribution in [-0.4, -0.2) is 87.0 Å². The lowest BCUT2D eigenvalue weighted by atomic mass is 9.87. The first-order valence-corrected chi connectivity index (χ1v) is 12.3. The monoisotopic (exact) mass is 437 g/mol. The van der Waals surface area contributed by atoms with Crippen molar-refractivity contribution in [3.05, 3.63) is 29.8 Å². The van der Waals surface area contributed by atoms with Crippen molar-refractivity contribution in [3.63, 3.8) is 0 Å². The summed E-state index contributed by atoms with van der Waals surface area (Å²) in [7, 11) is -3.51. The van der Waals surface area contributed by atoms with E-state index in [1.807, 2.05) is 21.9 Å². The Morgan fingerprint density at radius 1 is 1.07 bits per heavy atom. The lowest BCUT2D eigenvalue weighted by Crippen LogP contribution is -2.53. The highest BCUT2D eigenvalue weighted by Crippen LogP contribution is 2.25. The average molecular weight is 438 g/mol. The van der Waals surface area contributed by atoms with Crippen LogP contribution in [0.5, 0.6) is 0 Å². The van der Waals surface area contributed by atoms with Gasteiger partial charge in [-0.3, -0.25) is 9.69 Å². The molecule has 3 rings (SSSR count). The van der Waals surface area contributed by atoms with Crippen molar-refractivity contribution in [3.8, 4) is 0 Å². The van der Waals surface area contributed by atoms with E-state index in [-0.39, 0.29) is 17.4 Å². The van der Waals surface area contributed by atoms with E-state index in [0.29, 0.717) is 57.3 Å². The third-order valence-electron chi connectivity index (χ3n) is 6.00. The van der Waals surface area contributed by atoms with Gasteiger partial charge in [-0.2, -0.15) is 4.31 Å². The molecule has 1 aromatic carbocycles. The van der Waals surface area contributed by atoms with Crippen molar-refractivity contribution in [1.29, 1.82) is 0 Å². The second-order valence-electron chi connectivity index (χ2n) is 9.20. The van der Waals surface area contributed by atoms with E-state index in [9.17, 15) is 13.2 Å². The van der Waals surface area contributed by atoms with Gasteiger partial charge in [0.05, 0.1) is 24.2 Å². The molecule has 0 aromatic heterocycles. The Balaban J connectivity index is 1.55. The van der Waals surface area contributed by atoms with Gasteiger partial charge in [-0.25, -0.2) is 8.42 Å². The first-order valence-electron chi connectivity index (χ1n) is 10.8. The fourth-order valence-corrected chi connectivity index (χ4v) is 5.31. The summed E-state index contributed by atoms with van der Waals surface area (Å²) in [4.78, 5) is 16.9. The maximum Gasteiger partial charge on any atom is 0.243 e. The molecule has 0 bridgehead atoms.